The highest BCUT2D eigenvalue weighted by atomic mass is 32.2. The quantitative estimate of drug-likeness (QED) is 0.676. The van der Waals surface area contributed by atoms with Crippen molar-refractivity contribution in [3.05, 3.63) is 34.8 Å². The maximum Gasteiger partial charge on any atom is 0.237 e. The van der Waals surface area contributed by atoms with E-state index in [1.165, 1.54) is 11.3 Å². The van der Waals surface area contributed by atoms with E-state index in [0.29, 0.717) is 11.7 Å². The van der Waals surface area contributed by atoms with Crippen LogP contribution in [0.25, 0.3) is 0 Å². The molecule has 26 heavy (non-hydrogen) atoms. The average Bonchev–Trinajstić information content (AvgIpc) is 3.40. The Labute approximate surface area is 157 Å². The third-order valence-corrected chi connectivity index (χ3v) is 6.98. The smallest absolute Gasteiger partial charge is 0.237 e. The number of hydrogen-bond acceptors (Lipinski definition) is 7. The van der Waals surface area contributed by atoms with Crippen molar-refractivity contribution in [2.24, 2.45) is 0 Å². The molecule has 2 N–H and O–H groups in total. The maximum absolute atomic E-state index is 12.0. The molecule has 1 saturated carbocycles. The van der Waals surface area contributed by atoms with Crippen molar-refractivity contribution >= 4 is 26.5 Å². The van der Waals surface area contributed by atoms with Gasteiger partial charge in [-0.3, -0.25) is 4.72 Å². The lowest BCUT2D eigenvalue weighted by Gasteiger charge is -2.14. The zero-order valence-electron chi connectivity index (χ0n) is 15.0. The van der Waals surface area contributed by atoms with Gasteiger partial charge in [0.1, 0.15) is 11.5 Å². The molecule has 0 spiro atoms. The second-order valence-corrected chi connectivity index (χ2v) is 9.02. The van der Waals surface area contributed by atoms with Gasteiger partial charge in [0.2, 0.25) is 10.0 Å². The van der Waals surface area contributed by atoms with Gasteiger partial charge in [0.05, 0.1) is 25.2 Å². The molecule has 3 rings (SSSR count). The number of nitrogens with one attached hydrogen (secondary N) is 2. The molecule has 1 heterocycles. The van der Waals surface area contributed by atoms with E-state index in [4.69, 9.17) is 9.47 Å². The molecule has 0 radical (unpaired) electrons. The van der Waals surface area contributed by atoms with Crippen LogP contribution in [-0.4, -0.2) is 32.9 Å². The fourth-order valence-electron chi connectivity index (χ4n) is 2.48. The lowest BCUT2D eigenvalue weighted by atomic mass is 10.1. The molecule has 2 aromatic rings. The van der Waals surface area contributed by atoms with Crippen LogP contribution in [-0.2, 0) is 16.6 Å². The monoisotopic (exact) mass is 397 g/mol. The number of sulfonamides is 1. The van der Waals surface area contributed by atoms with Crippen molar-refractivity contribution in [1.82, 2.24) is 10.3 Å². The Hall–Kier alpha value is -1.84. The zero-order valence-corrected chi connectivity index (χ0v) is 16.6. The van der Waals surface area contributed by atoms with Crippen molar-refractivity contribution in [1.29, 1.82) is 0 Å². The topological polar surface area (TPSA) is 89.6 Å². The molecule has 1 aliphatic carbocycles. The number of aromatic nitrogens is 1. The Morgan fingerprint density at radius 2 is 2.08 bits per heavy atom. The Morgan fingerprint density at radius 1 is 1.31 bits per heavy atom. The van der Waals surface area contributed by atoms with E-state index < -0.39 is 10.0 Å². The summed E-state index contributed by atoms with van der Waals surface area (Å²) in [4.78, 5) is 4.40. The predicted molar refractivity (Wildman–Crippen MR) is 102 cm³/mol. The fraction of sp³-hybridized carbons (Fsp3) is 0.471. The van der Waals surface area contributed by atoms with Crippen LogP contribution < -0.4 is 19.5 Å². The van der Waals surface area contributed by atoms with Crippen LogP contribution in [0.4, 0.5) is 5.13 Å². The van der Waals surface area contributed by atoms with Gasteiger partial charge in [-0.25, -0.2) is 13.4 Å². The van der Waals surface area contributed by atoms with Gasteiger partial charge in [-0.2, -0.15) is 0 Å². The molecule has 0 aliphatic heterocycles. The van der Waals surface area contributed by atoms with Gasteiger partial charge in [-0.15, -0.1) is 11.3 Å². The Balaban J connectivity index is 1.61. The van der Waals surface area contributed by atoms with Gasteiger partial charge < -0.3 is 14.8 Å². The number of hydrogen-bond donors (Lipinski definition) is 2. The Kier molecular flexibility index (Phi) is 5.69. The lowest BCUT2D eigenvalue weighted by molar-refractivity contribution is 0.388. The molecule has 1 aliphatic rings. The van der Waals surface area contributed by atoms with Crippen LogP contribution in [0.2, 0.25) is 0 Å². The highest BCUT2D eigenvalue weighted by Crippen LogP contribution is 2.31. The standard InChI is InChI=1S/C17H23N3O4S2/c1-11(18-9-12-4-5-13(23-2)8-16(12)24-3)15-10-25-17(19-15)20-26(21,22)14-6-7-14/h4-5,8,10-11,14,18H,6-7,9H2,1-3H3,(H,19,20). The van der Waals surface area contributed by atoms with Crippen molar-refractivity contribution in [2.75, 3.05) is 18.9 Å². The summed E-state index contributed by atoms with van der Waals surface area (Å²) in [5.74, 6) is 1.49. The van der Waals surface area contributed by atoms with Crippen molar-refractivity contribution in [3.63, 3.8) is 0 Å². The second kappa shape index (κ2) is 7.81. The van der Waals surface area contributed by atoms with Crippen LogP contribution in [0.15, 0.2) is 23.6 Å². The summed E-state index contributed by atoms with van der Waals surface area (Å²) in [6.45, 7) is 2.58. The molecule has 1 fully saturated rings. The molecular formula is C17H23N3O4S2. The first kappa shape index (κ1) is 18.9. The molecule has 1 atom stereocenters. The van der Waals surface area contributed by atoms with Crippen molar-refractivity contribution < 1.29 is 17.9 Å². The number of anilines is 1. The van der Waals surface area contributed by atoms with Gasteiger partial charge in [0, 0.05) is 29.6 Å². The largest absolute Gasteiger partial charge is 0.497 e. The highest BCUT2D eigenvalue weighted by Gasteiger charge is 2.36. The van der Waals surface area contributed by atoms with Crippen molar-refractivity contribution in [2.45, 2.75) is 37.6 Å². The lowest BCUT2D eigenvalue weighted by Crippen LogP contribution is -2.20. The van der Waals surface area contributed by atoms with E-state index in [1.54, 1.807) is 14.2 Å². The first-order valence-electron chi connectivity index (χ1n) is 8.34. The average molecular weight is 398 g/mol. The van der Waals surface area contributed by atoms with Crippen LogP contribution in [0.3, 0.4) is 0 Å². The number of methoxy groups -OCH3 is 2. The minimum atomic E-state index is -3.27. The summed E-state index contributed by atoms with van der Waals surface area (Å²) < 4.78 is 37.2. The minimum Gasteiger partial charge on any atom is -0.497 e. The number of thiazole rings is 1. The third kappa shape index (κ3) is 4.46. The van der Waals surface area contributed by atoms with E-state index in [9.17, 15) is 8.42 Å². The molecule has 9 heteroatoms. The molecule has 0 amide bonds. The molecule has 7 nitrogen and oxygen atoms in total. The van der Waals surface area contributed by atoms with Gasteiger partial charge in [0.25, 0.3) is 0 Å². The third-order valence-electron chi connectivity index (χ3n) is 4.25. The summed E-state index contributed by atoms with van der Waals surface area (Å²) in [6, 6.07) is 5.65. The van der Waals surface area contributed by atoms with E-state index in [2.05, 4.69) is 15.0 Å². The number of benzene rings is 1. The van der Waals surface area contributed by atoms with E-state index in [0.717, 1.165) is 35.6 Å². The van der Waals surface area contributed by atoms with E-state index >= 15 is 0 Å². The molecule has 142 valence electrons. The van der Waals surface area contributed by atoms with Crippen LogP contribution in [0.5, 0.6) is 11.5 Å². The van der Waals surface area contributed by atoms with Crippen LogP contribution >= 0.6 is 11.3 Å². The Morgan fingerprint density at radius 3 is 2.73 bits per heavy atom. The minimum absolute atomic E-state index is 0.0303. The molecule has 1 aromatic carbocycles. The molecule has 0 bridgehead atoms. The predicted octanol–water partition coefficient (Wildman–Crippen LogP) is 2.92. The molecule has 0 saturated heterocycles. The number of ether oxygens (including phenoxy) is 2. The summed E-state index contributed by atoms with van der Waals surface area (Å²) in [5, 5.41) is 5.42. The van der Waals surface area contributed by atoms with Crippen molar-refractivity contribution in [3.8, 4) is 11.5 Å². The summed E-state index contributed by atoms with van der Waals surface area (Å²) in [6.07, 6.45) is 1.46. The van der Waals surface area contributed by atoms with Crippen LogP contribution in [0, 0.1) is 0 Å². The molecule has 1 aromatic heterocycles. The second-order valence-electron chi connectivity index (χ2n) is 6.20. The maximum atomic E-state index is 12.0. The Bertz CT molecular complexity index is 863. The molecule has 1 unspecified atom stereocenters. The first-order valence-corrected chi connectivity index (χ1v) is 10.8. The number of rotatable bonds is 9. The zero-order chi connectivity index (χ0) is 18.7. The SMILES string of the molecule is COc1ccc(CNC(C)c2csc(NS(=O)(=O)C3CC3)n2)c(OC)c1. The summed E-state index contributed by atoms with van der Waals surface area (Å²) >= 11 is 1.30. The van der Waals surface area contributed by atoms with Gasteiger partial charge in [-0.1, -0.05) is 6.07 Å². The van der Waals surface area contributed by atoms with E-state index in [-0.39, 0.29) is 11.3 Å². The fourth-order valence-corrected chi connectivity index (χ4v) is 4.88. The normalized spacial score (nSPS) is 15.5. The van der Waals surface area contributed by atoms with Gasteiger partial charge >= 0.3 is 0 Å². The summed E-state index contributed by atoms with van der Waals surface area (Å²) in [7, 11) is -0.0318. The van der Waals surface area contributed by atoms with Gasteiger partial charge in [-0.05, 0) is 25.8 Å². The number of nitrogens with zero attached hydrogens (tertiary/aromatic N) is 1. The summed E-state index contributed by atoms with van der Waals surface area (Å²) in [5.41, 5.74) is 1.81. The highest BCUT2D eigenvalue weighted by molar-refractivity contribution is 7.93. The first-order chi connectivity index (χ1) is 12.4. The van der Waals surface area contributed by atoms with E-state index in [1.807, 2.05) is 30.5 Å². The van der Waals surface area contributed by atoms with Gasteiger partial charge in [0.15, 0.2) is 5.13 Å². The molecular weight excluding hydrogens is 374 g/mol. The van der Waals surface area contributed by atoms with Crippen LogP contribution in [0.1, 0.15) is 37.1 Å².